The van der Waals surface area contributed by atoms with Crippen molar-refractivity contribution in [2.75, 3.05) is 5.32 Å². The lowest BCUT2D eigenvalue weighted by molar-refractivity contribution is -0.115. The van der Waals surface area contributed by atoms with E-state index in [1.54, 1.807) is 42.5 Å². The largest absolute Gasteiger partial charge is 0.449 e. The summed E-state index contributed by atoms with van der Waals surface area (Å²) in [7, 11) is 0. The van der Waals surface area contributed by atoms with Gasteiger partial charge >= 0.3 is 0 Å². The number of hydrogen-bond donors (Lipinski definition) is 2. The number of ether oxygens (including phenoxy) is 1. The molecule has 2 N–H and O–H groups in total. The predicted octanol–water partition coefficient (Wildman–Crippen LogP) is 4.81. The Bertz CT molecular complexity index is 1110. The van der Waals surface area contributed by atoms with Crippen LogP contribution in [-0.4, -0.2) is 17.9 Å². The molecule has 0 spiro atoms. The van der Waals surface area contributed by atoms with Crippen molar-refractivity contribution in [3.05, 3.63) is 101 Å². The van der Waals surface area contributed by atoms with E-state index in [9.17, 15) is 9.59 Å². The van der Waals surface area contributed by atoms with Crippen LogP contribution in [0.4, 0.5) is 5.69 Å². The standard InChI is InChI=1S/C26H24N2O3/c1-18(11-12-19-7-3-2-4-8-19)27-25(29)21-15-13-20(14-16-21)17-24-26(30)28-22-9-5-6-10-23(22)31-24/h2-10,13-18H,11-12H2,1H3,(H,27,29)(H,28,30)/b24-17-. The summed E-state index contributed by atoms with van der Waals surface area (Å²) in [5, 5.41) is 5.85. The molecule has 0 bridgehead atoms. The monoisotopic (exact) mass is 412 g/mol. The van der Waals surface area contributed by atoms with E-state index in [0.29, 0.717) is 17.0 Å². The van der Waals surface area contributed by atoms with E-state index in [4.69, 9.17) is 4.74 Å². The summed E-state index contributed by atoms with van der Waals surface area (Å²) in [5.74, 6) is 0.410. The number of para-hydroxylation sites is 2. The second-order valence-electron chi connectivity index (χ2n) is 7.58. The van der Waals surface area contributed by atoms with Crippen molar-refractivity contribution < 1.29 is 14.3 Å². The maximum absolute atomic E-state index is 12.5. The predicted molar refractivity (Wildman–Crippen MR) is 122 cm³/mol. The number of nitrogens with one attached hydrogen (secondary N) is 2. The summed E-state index contributed by atoms with van der Waals surface area (Å²) in [6.45, 7) is 2.01. The van der Waals surface area contributed by atoms with E-state index in [1.807, 2.05) is 37.3 Å². The van der Waals surface area contributed by atoms with Crippen LogP contribution in [0.2, 0.25) is 0 Å². The fourth-order valence-electron chi connectivity index (χ4n) is 3.39. The minimum atomic E-state index is -0.298. The number of rotatable bonds is 6. The van der Waals surface area contributed by atoms with Gasteiger partial charge in [0.25, 0.3) is 11.8 Å². The van der Waals surface area contributed by atoms with Gasteiger partial charge < -0.3 is 15.4 Å². The molecule has 0 saturated heterocycles. The van der Waals surface area contributed by atoms with Gasteiger partial charge in [0, 0.05) is 11.6 Å². The lowest BCUT2D eigenvalue weighted by Gasteiger charge is -2.19. The van der Waals surface area contributed by atoms with Crippen LogP contribution in [-0.2, 0) is 11.2 Å². The number of carbonyl (C=O) groups excluding carboxylic acids is 2. The van der Waals surface area contributed by atoms with Crippen LogP contribution in [0.15, 0.2) is 84.6 Å². The molecule has 0 aliphatic carbocycles. The molecule has 1 atom stereocenters. The third-order valence-corrected chi connectivity index (χ3v) is 5.14. The molecule has 31 heavy (non-hydrogen) atoms. The van der Waals surface area contributed by atoms with Gasteiger partial charge in [-0.05, 0) is 61.2 Å². The van der Waals surface area contributed by atoms with Gasteiger partial charge in [-0.2, -0.15) is 0 Å². The Morgan fingerprint density at radius 1 is 1.00 bits per heavy atom. The Morgan fingerprint density at radius 2 is 1.71 bits per heavy atom. The van der Waals surface area contributed by atoms with Crippen LogP contribution in [0.3, 0.4) is 0 Å². The zero-order chi connectivity index (χ0) is 21.6. The van der Waals surface area contributed by atoms with Crippen molar-refractivity contribution in [3.8, 4) is 5.75 Å². The smallest absolute Gasteiger partial charge is 0.291 e. The van der Waals surface area contributed by atoms with E-state index >= 15 is 0 Å². The van der Waals surface area contributed by atoms with Crippen LogP contribution in [0.25, 0.3) is 6.08 Å². The highest BCUT2D eigenvalue weighted by Crippen LogP contribution is 2.30. The zero-order valence-electron chi connectivity index (χ0n) is 17.3. The summed E-state index contributed by atoms with van der Waals surface area (Å²) in [5.41, 5.74) is 3.27. The van der Waals surface area contributed by atoms with Crippen molar-refractivity contribution in [2.45, 2.75) is 25.8 Å². The van der Waals surface area contributed by atoms with Crippen molar-refractivity contribution in [1.82, 2.24) is 5.32 Å². The van der Waals surface area contributed by atoms with Crippen LogP contribution < -0.4 is 15.4 Å². The van der Waals surface area contributed by atoms with Gasteiger partial charge in [0.15, 0.2) is 11.5 Å². The van der Waals surface area contributed by atoms with Gasteiger partial charge in [-0.1, -0.05) is 54.6 Å². The minimum Gasteiger partial charge on any atom is -0.449 e. The molecule has 0 saturated carbocycles. The quantitative estimate of drug-likeness (QED) is 0.571. The van der Waals surface area contributed by atoms with Gasteiger partial charge in [-0.15, -0.1) is 0 Å². The second kappa shape index (κ2) is 9.30. The fraction of sp³-hybridized carbons (Fsp3) is 0.154. The Morgan fingerprint density at radius 3 is 2.48 bits per heavy atom. The van der Waals surface area contributed by atoms with Gasteiger partial charge in [0.2, 0.25) is 0 Å². The molecule has 5 nitrogen and oxygen atoms in total. The average Bonchev–Trinajstić information content (AvgIpc) is 2.79. The molecule has 1 aliphatic rings. The number of carbonyl (C=O) groups is 2. The molecule has 1 aliphatic heterocycles. The lowest BCUT2D eigenvalue weighted by atomic mass is 10.1. The molecule has 2 amide bonds. The first kappa shape index (κ1) is 20.4. The third-order valence-electron chi connectivity index (χ3n) is 5.14. The van der Waals surface area contributed by atoms with Crippen molar-refractivity contribution >= 4 is 23.6 Å². The van der Waals surface area contributed by atoms with Gasteiger partial charge in [-0.3, -0.25) is 9.59 Å². The number of amides is 2. The molecular formula is C26H24N2O3. The van der Waals surface area contributed by atoms with Crippen molar-refractivity contribution in [1.29, 1.82) is 0 Å². The first-order valence-corrected chi connectivity index (χ1v) is 10.3. The third kappa shape index (κ3) is 5.20. The van der Waals surface area contributed by atoms with E-state index in [-0.39, 0.29) is 23.6 Å². The number of aryl methyl sites for hydroxylation is 1. The average molecular weight is 412 g/mol. The molecule has 156 valence electrons. The van der Waals surface area contributed by atoms with Gasteiger partial charge in [0.05, 0.1) is 5.69 Å². The highest BCUT2D eigenvalue weighted by Gasteiger charge is 2.21. The van der Waals surface area contributed by atoms with Crippen LogP contribution in [0, 0.1) is 0 Å². The summed E-state index contributed by atoms with van der Waals surface area (Å²) < 4.78 is 5.71. The maximum atomic E-state index is 12.5. The number of hydrogen-bond acceptors (Lipinski definition) is 3. The number of anilines is 1. The van der Waals surface area contributed by atoms with E-state index in [1.165, 1.54) is 5.56 Å². The van der Waals surface area contributed by atoms with Gasteiger partial charge in [-0.25, -0.2) is 0 Å². The van der Waals surface area contributed by atoms with E-state index in [0.717, 1.165) is 18.4 Å². The van der Waals surface area contributed by atoms with Gasteiger partial charge in [0.1, 0.15) is 0 Å². The fourth-order valence-corrected chi connectivity index (χ4v) is 3.39. The molecular weight excluding hydrogens is 388 g/mol. The number of fused-ring (bicyclic) bond motifs is 1. The molecule has 0 radical (unpaired) electrons. The molecule has 3 aromatic carbocycles. The maximum Gasteiger partial charge on any atom is 0.291 e. The minimum absolute atomic E-state index is 0.0638. The SMILES string of the molecule is CC(CCc1ccccc1)NC(=O)c1ccc(/C=C2\Oc3ccccc3NC2=O)cc1. The summed E-state index contributed by atoms with van der Waals surface area (Å²) in [6.07, 6.45) is 3.45. The lowest BCUT2D eigenvalue weighted by Crippen LogP contribution is -2.32. The molecule has 5 heteroatoms. The van der Waals surface area contributed by atoms with Crippen LogP contribution in [0.1, 0.15) is 34.8 Å². The highest BCUT2D eigenvalue weighted by molar-refractivity contribution is 6.08. The summed E-state index contributed by atoms with van der Waals surface area (Å²) in [4.78, 5) is 24.8. The topological polar surface area (TPSA) is 67.4 Å². The summed E-state index contributed by atoms with van der Waals surface area (Å²) in [6, 6.07) is 24.7. The molecule has 1 unspecified atom stereocenters. The molecule has 3 aromatic rings. The Kier molecular flexibility index (Phi) is 6.13. The Balaban J connectivity index is 1.36. The molecule has 0 fully saturated rings. The normalized spacial score (nSPS) is 14.9. The van der Waals surface area contributed by atoms with E-state index in [2.05, 4.69) is 22.8 Å². The van der Waals surface area contributed by atoms with Crippen molar-refractivity contribution in [2.24, 2.45) is 0 Å². The number of benzene rings is 3. The molecule has 4 rings (SSSR count). The Labute approximate surface area is 181 Å². The van der Waals surface area contributed by atoms with Crippen LogP contribution >= 0.6 is 0 Å². The zero-order valence-corrected chi connectivity index (χ0v) is 17.3. The first-order chi connectivity index (χ1) is 15.1. The second-order valence-corrected chi connectivity index (χ2v) is 7.58. The van der Waals surface area contributed by atoms with Crippen molar-refractivity contribution in [3.63, 3.8) is 0 Å². The highest BCUT2D eigenvalue weighted by atomic mass is 16.5. The molecule has 1 heterocycles. The summed E-state index contributed by atoms with van der Waals surface area (Å²) >= 11 is 0. The van der Waals surface area contributed by atoms with Crippen LogP contribution in [0.5, 0.6) is 5.75 Å². The Hall–Kier alpha value is -3.86. The molecule has 0 aromatic heterocycles. The first-order valence-electron chi connectivity index (χ1n) is 10.3. The van der Waals surface area contributed by atoms with E-state index < -0.39 is 0 Å².